The van der Waals surface area contributed by atoms with Crippen LogP contribution in [0.25, 0.3) is 0 Å². The molecule has 14 heavy (non-hydrogen) atoms. The fourth-order valence-electron chi connectivity index (χ4n) is 0.846. The quantitative estimate of drug-likeness (QED) is 0.641. The van der Waals surface area contributed by atoms with Crippen LogP contribution in [-0.4, -0.2) is 30.2 Å². The molecule has 0 fully saturated rings. The molecular formula is C9H18N2O2S. The second-order valence-corrected chi connectivity index (χ2v) is 4.23. The molecule has 0 aliphatic heterocycles. The molecule has 0 saturated carbocycles. The molecule has 3 N–H and O–H groups in total. The SMILES string of the molecule is COC(C)(C)CC(=O)NCCC(N)=S. The van der Waals surface area contributed by atoms with Crippen LogP contribution in [0.1, 0.15) is 26.7 Å². The van der Waals surface area contributed by atoms with Crippen LogP contribution >= 0.6 is 12.2 Å². The standard InChI is InChI=1S/C9H18N2O2S/c1-9(2,13-3)6-8(12)11-5-4-7(10)14/h4-6H2,1-3H3,(H2,10,14)(H,11,12). The van der Waals surface area contributed by atoms with E-state index >= 15 is 0 Å². The van der Waals surface area contributed by atoms with Gasteiger partial charge in [-0.15, -0.1) is 0 Å². The van der Waals surface area contributed by atoms with Crippen LogP contribution in [0.3, 0.4) is 0 Å². The number of thiocarbonyl (C=S) groups is 1. The third-order valence-electron chi connectivity index (χ3n) is 1.83. The van der Waals surface area contributed by atoms with Crippen LogP contribution in [-0.2, 0) is 9.53 Å². The summed E-state index contributed by atoms with van der Waals surface area (Å²) in [6.07, 6.45) is 0.870. The smallest absolute Gasteiger partial charge is 0.222 e. The second kappa shape index (κ2) is 5.93. The van der Waals surface area contributed by atoms with Gasteiger partial charge in [0.25, 0.3) is 0 Å². The molecule has 0 atom stereocenters. The Hall–Kier alpha value is -0.680. The molecule has 4 nitrogen and oxygen atoms in total. The summed E-state index contributed by atoms with van der Waals surface area (Å²) < 4.78 is 5.12. The van der Waals surface area contributed by atoms with Crippen molar-refractivity contribution >= 4 is 23.1 Å². The number of carbonyl (C=O) groups excluding carboxylic acids is 1. The van der Waals surface area contributed by atoms with E-state index in [-0.39, 0.29) is 5.91 Å². The molecule has 0 bridgehead atoms. The van der Waals surface area contributed by atoms with Crippen LogP contribution in [0.15, 0.2) is 0 Å². The van der Waals surface area contributed by atoms with Crippen molar-refractivity contribution in [3.63, 3.8) is 0 Å². The summed E-state index contributed by atoms with van der Waals surface area (Å²) in [7, 11) is 1.59. The minimum absolute atomic E-state index is 0.0481. The number of ether oxygens (including phenoxy) is 1. The lowest BCUT2D eigenvalue weighted by molar-refractivity contribution is -0.126. The Kier molecular flexibility index (Phi) is 5.64. The fraction of sp³-hybridized carbons (Fsp3) is 0.778. The van der Waals surface area contributed by atoms with Gasteiger partial charge in [-0.05, 0) is 13.8 Å². The first-order valence-electron chi connectivity index (χ1n) is 4.47. The molecule has 5 heteroatoms. The van der Waals surface area contributed by atoms with E-state index in [2.05, 4.69) is 17.5 Å². The third kappa shape index (κ3) is 6.80. The van der Waals surface area contributed by atoms with Gasteiger partial charge < -0.3 is 15.8 Å². The minimum atomic E-state index is -0.423. The zero-order valence-corrected chi connectivity index (χ0v) is 9.74. The lowest BCUT2D eigenvalue weighted by Crippen LogP contribution is -2.35. The molecule has 0 saturated heterocycles. The van der Waals surface area contributed by atoms with Crippen LogP contribution in [0.4, 0.5) is 0 Å². The fourth-order valence-corrected chi connectivity index (χ4v) is 0.949. The number of amides is 1. The van der Waals surface area contributed by atoms with Crippen molar-refractivity contribution < 1.29 is 9.53 Å². The number of carbonyl (C=O) groups is 1. The van der Waals surface area contributed by atoms with Gasteiger partial charge >= 0.3 is 0 Å². The number of rotatable bonds is 6. The first kappa shape index (κ1) is 13.3. The van der Waals surface area contributed by atoms with Crippen molar-refractivity contribution in [2.75, 3.05) is 13.7 Å². The number of hydrogen-bond donors (Lipinski definition) is 2. The second-order valence-electron chi connectivity index (χ2n) is 3.71. The number of nitrogens with two attached hydrogens (primary N) is 1. The highest BCUT2D eigenvalue weighted by Gasteiger charge is 2.20. The Morgan fingerprint density at radius 1 is 1.57 bits per heavy atom. The maximum Gasteiger partial charge on any atom is 0.222 e. The van der Waals surface area contributed by atoms with E-state index in [0.717, 1.165) is 0 Å². The van der Waals surface area contributed by atoms with E-state index in [1.165, 1.54) is 0 Å². The average Bonchev–Trinajstić information content (AvgIpc) is 2.02. The predicted molar refractivity (Wildman–Crippen MR) is 60.1 cm³/mol. The van der Waals surface area contributed by atoms with E-state index in [1.54, 1.807) is 7.11 Å². The van der Waals surface area contributed by atoms with Gasteiger partial charge in [-0.3, -0.25) is 4.79 Å². The summed E-state index contributed by atoms with van der Waals surface area (Å²) in [5.74, 6) is -0.0481. The van der Waals surface area contributed by atoms with Gasteiger partial charge in [0.2, 0.25) is 5.91 Å². The van der Waals surface area contributed by atoms with Crippen molar-refractivity contribution in [2.45, 2.75) is 32.3 Å². The molecule has 1 amide bonds. The van der Waals surface area contributed by atoms with E-state index in [0.29, 0.717) is 24.4 Å². The lowest BCUT2D eigenvalue weighted by atomic mass is 10.1. The molecule has 0 aromatic carbocycles. The maximum absolute atomic E-state index is 11.3. The van der Waals surface area contributed by atoms with Crippen molar-refractivity contribution in [3.05, 3.63) is 0 Å². The summed E-state index contributed by atoms with van der Waals surface area (Å²) in [6.45, 7) is 4.22. The third-order valence-corrected chi connectivity index (χ3v) is 2.04. The minimum Gasteiger partial charge on any atom is -0.393 e. The van der Waals surface area contributed by atoms with E-state index in [1.807, 2.05) is 13.8 Å². The average molecular weight is 218 g/mol. The molecule has 0 heterocycles. The molecule has 0 aliphatic rings. The largest absolute Gasteiger partial charge is 0.393 e. The van der Waals surface area contributed by atoms with E-state index in [4.69, 9.17) is 10.5 Å². The Labute approximate surface area is 90.2 Å². The Balaban J connectivity index is 3.71. The molecular weight excluding hydrogens is 200 g/mol. The molecule has 0 rings (SSSR count). The van der Waals surface area contributed by atoms with Crippen LogP contribution in [0.2, 0.25) is 0 Å². The lowest BCUT2D eigenvalue weighted by Gasteiger charge is -2.21. The topological polar surface area (TPSA) is 64.3 Å². The molecule has 0 spiro atoms. The van der Waals surface area contributed by atoms with Gasteiger partial charge in [0.15, 0.2) is 0 Å². The molecule has 0 aromatic rings. The van der Waals surface area contributed by atoms with Crippen LogP contribution in [0.5, 0.6) is 0 Å². The van der Waals surface area contributed by atoms with Gasteiger partial charge in [-0.25, -0.2) is 0 Å². The number of hydrogen-bond acceptors (Lipinski definition) is 3. The molecule has 0 aromatic heterocycles. The van der Waals surface area contributed by atoms with Crippen molar-refractivity contribution in [1.82, 2.24) is 5.32 Å². The highest BCUT2D eigenvalue weighted by atomic mass is 32.1. The summed E-state index contributed by atoms with van der Waals surface area (Å²) in [5.41, 5.74) is 4.86. The summed E-state index contributed by atoms with van der Waals surface area (Å²) in [4.78, 5) is 11.7. The first-order valence-corrected chi connectivity index (χ1v) is 4.88. The van der Waals surface area contributed by atoms with Crippen molar-refractivity contribution in [2.24, 2.45) is 5.73 Å². The number of methoxy groups -OCH3 is 1. The number of nitrogens with one attached hydrogen (secondary N) is 1. The first-order chi connectivity index (χ1) is 6.37. The monoisotopic (exact) mass is 218 g/mol. The Morgan fingerprint density at radius 3 is 2.57 bits per heavy atom. The van der Waals surface area contributed by atoms with E-state index in [9.17, 15) is 4.79 Å². The van der Waals surface area contributed by atoms with Gasteiger partial charge in [0.05, 0.1) is 17.0 Å². The normalized spacial score (nSPS) is 11.1. The highest BCUT2D eigenvalue weighted by molar-refractivity contribution is 7.80. The predicted octanol–water partition coefficient (Wildman–Crippen LogP) is 0.594. The zero-order valence-electron chi connectivity index (χ0n) is 8.92. The molecule has 0 aliphatic carbocycles. The molecule has 0 radical (unpaired) electrons. The van der Waals surface area contributed by atoms with Gasteiger partial charge in [0.1, 0.15) is 0 Å². The van der Waals surface area contributed by atoms with Crippen molar-refractivity contribution in [1.29, 1.82) is 0 Å². The molecule has 0 unspecified atom stereocenters. The summed E-state index contributed by atoms with van der Waals surface area (Å²) >= 11 is 4.68. The van der Waals surface area contributed by atoms with Gasteiger partial charge in [0, 0.05) is 20.1 Å². The molecule has 82 valence electrons. The van der Waals surface area contributed by atoms with Crippen molar-refractivity contribution in [3.8, 4) is 0 Å². The Bertz CT molecular complexity index is 217. The van der Waals surface area contributed by atoms with E-state index < -0.39 is 5.60 Å². The summed E-state index contributed by atoms with van der Waals surface area (Å²) in [6, 6.07) is 0. The zero-order chi connectivity index (χ0) is 11.2. The highest BCUT2D eigenvalue weighted by Crippen LogP contribution is 2.11. The maximum atomic E-state index is 11.3. The Morgan fingerprint density at radius 2 is 2.14 bits per heavy atom. The van der Waals surface area contributed by atoms with Crippen LogP contribution < -0.4 is 11.1 Å². The summed E-state index contributed by atoms with van der Waals surface area (Å²) in [5, 5.41) is 2.72. The van der Waals surface area contributed by atoms with Gasteiger partial charge in [-0.2, -0.15) is 0 Å². The van der Waals surface area contributed by atoms with Gasteiger partial charge in [-0.1, -0.05) is 12.2 Å². The van der Waals surface area contributed by atoms with Crippen LogP contribution in [0, 0.1) is 0 Å².